The molecule has 2 N–H and O–H groups in total. The van der Waals surface area contributed by atoms with E-state index in [1.54, 1.807) is 13.8 Å². The zero-order chi connectivity index (χ0) is 19.3. The maximum Gasteiger partial charge on any atom is 0.337 e. The van der Waals surface area contributed by atoms with Crippen molar-refractivity contribution in [2.75, 3.05) is 39.2 Å². The van der Waals surface area contributed by atoms with Crippen molar-refractivity contribution in [3.05, 3.63) is 41.1 Å². The predicted octanol–water partition coefficient (Wildman–Crippen LogP) is 1.70. The van der Waals surface area contributed by atoms with Crippen LogP contribution < -0.4 is 15.5 Å². The van der Waals surface area contributed by atoms with Crippen LogP contribution in [-0.2, 0) is 16.1 Å². The molecule has 1 aliphatic heterocycles. The monoisotopic (exact) mass is 360 g/mol. The van der Waals surface area contributed by atoms with E-state index in [2.05, 4.69) is 44.7 Å². The summed E-state index contributed by atoms with van der Waals surface area (Å²) in [7, 11) is 5.96. The van der Waals surface area contributed by atoms with Gasteiger partial charge in [-0.15, -0.1) is 0 Å². The average Bonchev–Trinajstić information content (AvgIpc) is 2.54. The molecular weight excluding hydrogens is 332 g/mol. The Morgan fingerprint density at radius 2 is 1.81 bits per heavy atom. The van der Waals surface area contributed by atoms with Crippen LogP contribution in [0.2, 0.25) is 0 Å². The third-order valence-corrected chi connectivity index (χ3v) is 4.20. The number of anilines is 1. The minimum absolute atomic E-state index is 0.296. The van der Waals surface area contributed by atoms with Crippen LogP contribution >= 0.6 is 0 Å². The highest BCUT2D eigenvalue weighted by Gasteiger charge is 2.30. The standard InChI is InChI=1S/C19H28N4O3/c1-6-26-18(24)17-13(2)20-19(25)21-16(17)12-23(5)11-14-7-9-15(10-8-14)22(3)4/h7-10,13H,6,11-12H2,1-5H3,(H2,20,21,25). The Kier molecular flexibility index (Phi) is 6.63. The fourth-order valence-electron chi connectivity index (χ4n) is 2.94. The first-order chi connectivity index (χ1) is 12.3. The molecule has 0 saturated heterocycles. The van der Waals surface area contributed by atoms with E-state index in [-0.39, 0.29) is 12.1 Å². The van der Waals surface area contributed by atoms with Gasteiger partial charge in [0, 0.05) is 38.6 Å². The molecule has 0 aromatic heterocycles. The molecule has 26 heavy (non-hydrogen) atoms. The number of carbonyl (C=O) groups excluding carboxylic acids is 2. The average molecular weight is 360 g/mol. The molecule has 7 heteroatoms. The van der Waals surface area contributed by atoms with Gasteiger partial charge >= 0.3 is 12.0 Å². The molecule has 0 radical (unpaired) electrons. The SMILES string of the molecule is CCOC(=O)C1=C(CN(C)Cc2ccc(N(C)C)cc2)NC(=O)NC1C. The molecule has 1 heterocycles. The second kappa shape index (κ2) is 8.71. The van der Waals surface area contributed by atoms with Crippen LogP contribution in [0.4, 0.5) is 10.5 Å². The zero-order valence-electron chi connectivity index (χ0n) is 16.1. The highest BCUT2D eigenvalue weighted by molar-refractivity contribution is 5.94. The number of rotatable bonds is 7. The summed E-state index contributed by atoms with van der Waals surface area (Å²) in [4.78, 5) is 28.2. The normalized spacial score (nSPS) is 17.0. The molecule has 0 spiro atoms. The molecule has 0 bridgehead atoms. The fourth-order valence-corrected chi connectivity index (χ4v) is 2.94. The molecule has 0 saturated carbocycles. The van der Waals surface area contributed by atoms with Crippen molar-refractivity contribution in [2.24, 2.45) is 0 Å². The van der Waals surface area contributed by atoms with Crippen LogP contribution in [0.15, 0.2) is 35.5 Å². The summed E-state index contributed by atoms with van der Waals surface area (Å²) < 4.78 is 5.14. The molecule has 1 atom stereocenters. The first-order valence-corrected chi connectivity index (χ1v) is 8.74. The lowest BCUT2D eigenvalue weighted by Gasteiger charge is -2.29. The Hall–Kier alpha value is -2.54. The topological polar surface area (TPSA) is 73.9 Å². The summed E-state index contributed by atoms with van der Waals surface area (Å²) in [6.07, 6.45) is 0. The number of benzene rings is 1. The number of hydrogen-bond donors (Lipinski definition) is 2. The Balaban J connectivity index is 2.12. The van der Waals surface area contributed by atoms with Gasteiger partial charge in [0.2, 0.25) is 0 Å². The smallest absolute Gasteiger partial charge is 0.337 e. The van der Waals surface area contributed by atoms with Crippen molar-refractivity contribution < 1.29 is 14.3 Å². The van der Waals surface area contributed by atoms with Crippen molar-refractivity contribution in [1.29, 1.82) is 0 Å². The van der Waals surface area contributed by atoms with Gasteiger partial charge in [0.05, 0.1) is 18.2 Å². The molecular formula is C19H28N4O3. The summed E-state index contributed by atoms with van der Waals surface area (Å²) in [5.41, 5.74) is 3.36. The lowest BCUT2D eigenvalue weighted by molar-refractivity contribution is -0.139. The number of esters is 1. The molecule has 1 aromatic carbocycles. The van der Waals surface area contributed by atoms with Crippen molar-refractivity contribution >= 4 is 17.7 Å². The molecule has 1 aromatic rings. The molecule has 1 unspecified atom stereocenters. The number of ether oxygens (including phenoxy) is 1. The Bertz CT molecular complexity index is 683. The van der Waals surface area contributed by atoms with Crippen LogP contribution in [-0.4, -0.2) is 57.2 Å². The summed E-state index contributed by atoms with van der Waals surface area (Å²) in [6, 6.07) is 7.61. The molecule has 2 rings (SSSR count). The number of hydrogen-bond acceptors (Lipinski definition) is 5. The Labute approximate surface area is 155 Å². The van der Waals surface area contributed by atoms with E-state index in [0.29, 0.717) is 31.0 Å². The van der Waals surface area contributed by atoms with Gasteiger partial charge in [0.1, 0.15) is 0 Å². The third kappa shape index (κ3) is 4.98. The van der Waals surface area contributed by atoms with E-state index >= 15 is 0 Å². The van der Waals surface area contributed by atoms with Gasteiger partial charge in [-0.1, -0.05) is 12.1 Å². The summed E-state index contributed by atoms with van der Waals surface area (Å²) in [5.74, 6) is -0.397. The van der Waals surface area contributed by atoms with Gasteiger partial charge in [-0.05, 0) is 38.6 Å². The predicted molar refractivity (Wildman–Crippen MR) is 102 cm³/mol. The van der Waals surface area contributed by atoms with Gasteiger partial charge in [-0.25, -0.2) is 9.59 Å². The minimum Gasteiger partial charge on any atom is -0.463 e. The second-order valence-corrected chi connectivity index (χ2v) is 6.67. The largest absolute Gasteiger partial charge is 0.463 e. The highest BCUT2D eigenvalue weighted by Crippen LogP contribution is 2.17. The molecule has 0 aliphatic carbocycles. The van der Waals surface area contributed by atoms with Crippen molar-refractivity contribution in [1.82, 2.24) is 15.5 Å². The van der Waals surface area contributed by atoms with Gasteiger partial charge < -0.3 is 20.3 Å². The molecule has 142 valence electrons. The highest BCUT2D eigenvalue weighted by atomic mass is 16.5. The van der Waals surface area contributed by atoms with Gasteiger partial charge in [-0.3, -0.25) is 4.90 Å². The van der Waals surface area contributed by atoms with E-state index in [1.807, 2.05) is 21.1 Å². The molecule has 7 nitrogen and oxygen atoms in total. The number of urea groups is 1. The fraction of sp³-hybridized carbons (Fsp3) is 0.474. The van der Waals surface area contributed by atoms with Crippen LogP contribution in [0.5, 0.6) is 0 Å². The van der Waals surface area contributed by atoms with Crippen LogP contribution in [0.3, 0.4) is 0 Å². The summed E-state index contributed by atoms with van der Waals surface area (Å²) in [5, 5.41) is 5.46. The van der Waals surface area contributed by atoms with Gasteiger partial charge in [0.25, 0.3) is 0 Å². The number of likely N-dealkylation sites (N-methyl/N-ethyl adjacent to an activating group) is 1. The maximum atomic E-state index is 12.3. The van der Waals surface area contributed by atoms with Crippen molar-refractivity contribution in [3.8, 4) is 0 Å². The Morgan fingerprint density at radius 1 is 1.15 bits per heavy atom. The van der Waals surface area contributed by atoms with Crippen molar-refractivity contribution in [2.45, 2.75) is 26.4 Å². The van der Waals surface area contributed by atoms with E-state index in [1.165, 1.54) is 0 Å². The lowest BCUT2D eigenvalue weighted by Crippen LogP contribution is -2.51. The maximum absolute atomic E-state index is 12.3. The van der Waals surface area contributed by atoms with Gasteiger partial charge in [0.15, 0.2) is 0 Å². The number of nitrogens with zero attached hydrogens (tertiary/aromatic N) is 2. The molecule has 2 amide bonds. The van der Waals surface area contributed by atoms with E-state index in [4.69, 9.17) is 4.74 Å². The van der Waals surface area contributed by atoms with Crippen LogP contribution in [0.25, 0.3) is 0 Å². The molecule has 0 fully saturated rings. The van der Waals surface area contributed by atoms with Crippen LogP contribution in [0, 0.1) is 0 Å². The van der Waals surface area contributed by atoms with Gasteiger partial charge in [-0.2, -0.15) is 0 Å². The number of amides is 2. The summed E-state index contributed by atoms with van der Waals surface area (Å²) >= 11 is 0. The van der Waals surface area contributed by atoms with E-state index in [0.717, 1.165) is 11.3 Å². The first kappa shape index (κ1) is 19.8. The van der Waals surface area contributed by atoms with Crippen molar-refractivity contribution in [3.63, 3.8) is 0 Å². The number of nitrogens with one attached hydrogen (secondary N) is 2. The van der Waals surface area contributed by atoms with E-state index < -0.39 is 5.97 Å². The lowest BCUT2D eigenvalue weighted by atomic mass is 10.0. The van der Waals surface area contributed by atoms with E-state index in [9.17, 15) is 9.59 Å². The second-order valence-electron chi connectivity index (χ2n) is 6.67. The quantitative estimate of drug-likeness (QED) is 0.724. The molecule has 1 aliphatic rings. The first-order valence-electron chi connectivity index (χ1n) is 8.74. The zero-order valence-corrected chi connectivity index (χ0v) is 16.1. The summed E-state index contributed by atoms with van der Waals surface area (Å²) in [6.45, 7) is 4.99. The number of carbonyl (C=O) groups is 2. The third-order valence-electron chi connectivity index (χ3n) is 4.20. The van der Waals surface area contributed by atoms with Crippen LogP contribution in [0.1, 0.15) is 19.4 Å². The Morgan fingerprint density at radius 3 is 2.38 bits per heavy atom. The minimum atomic E-state index is -0.397.